The van der Waals surface area contributed by atoms with Crippen LogP contribution in [0.25, 0.3) is 22.2 Å². The number of halogens is 2. The van der Waals surface area contributed by atoms with Gasteiger partial charge in [-0.1, -0.05) is 11.6 Å². The van der Waals surface area contributed by atoms with E-state index < -0.39 is 11.4 Å². The fraction of sp³-hybridized carbons (Fsp3) is 0.348. The molecule has 9 nitrogen and oxygen atoms in total. The lowest BCUT2D eigenvalue weighted by Crippen LogP contribution is -2.43. The van der Waals surface area contributed by atoms with E-state index in [9.17, 15) is 9.18 Å². The lowest BCUT2D eigenvalue weighted by atomic mass is 10.1. The van der Waals surface area contributed by atoms with Crippen LogP contribution in [0.3, 0.4) is 0 Å². The molecule has 2 aliphatic rings. The fourth-order valence-corrected chi connectivity index (χ4v) is 4.51. The second kappa shape index (κ2) is 8.14. The third-order valence-corrected chi connectivity index (χ3v) is 6.39. The zero-order chi connectivity index (χ0) is 23.4. The number of benzene rings is 1. The van der Waals surface area contributed by atoms with Crippen LogP contribution in [0.5, 0.6) is 0 Å². The average molecular weight is 482 g/mol. The number of morpholine rings is 1. The van der Waals surface area contributed by atoms with E-state index in [1.165, 1.54) is 12.3 Å². The normalized spacial score (nSPS) is 20.7. The zero-order valence-electron chi connectivity index (χ0n) is 18.3. The number of nitrogens with one attached hydrogen (secondary N) is 1. The van der Waals surface area contributed by atoms with Crippen LogP contribution in [-0.4, -0.2) is 49.1 Å². The number of nitrogens with zero attached hydrogens (tertiary/aromatic N) is 6. The van der Waals surface area contributed by atoms with Crippen LogP contribution in [0, 0.1) is 5.82 Å². The highest BCUT2D eigenvalue weighted by Crippen LogP contribution is 2.36. The molecular weight excluding hydrogens is 461 g/mol. The van der Waals surface area contributed by atoms with Gasteiger partial charge in [0.15, 0.2) is 0 Å². The van der Waals surface area contributed by atoms with Gasteiger partial charge in [-0.3, -0.25) is 9.48 Å². The summed E-state index contributed by atoms with van der Waals surface area (Å²) < 4.78 is 23.0. The van der Waals surface area contributed by atoms with E-state index in [1.807, 2.05) is 28.9 Å². The Kier molecular flexibility index (Phi) is 5.07. The quantitative estimate of drug-likeness (QED) is 0.474. The van der Waals surface area contributed by atoms with Crippen molar-refractivity contribution in [1.29, 1.82) is 0 Å². The van der Waals surface area contributed by atoms with Gasteiger partial charge < -0.3 is 9.64 Å². The Balaban J connectivity index is 1.43. The lowest BCUT2D eigenvalue weighted by molar-refractivity contribution is -0.0178. The van der Waals surface area contributed by atoms with E-state index in [0.29, 0.717) is 30.5 Å². The minimum Gasteiger partial charge on any atom is -0.367 e. The topological polar surface area (TPSA) is 102 Å². The Hall–Kier alpha value is -3.37. The van der Waals surface area contributed by atoms with Crippen molar-refractivity contribution in [1.82, 2.24) is 29.9 Å². The van der Waals surface area contributed by atoms with Gasteiger partial charge in [0.1, 0.15) is 17.4 Å². The Labute approximate surface area is 198 Å². The third kappa shape index (κ3) is 3.82. The number of H-pyrrole nitrogens is 1. The number of rotatable bonds is 4. The summed E-state index contributed by atoms with van der Waals surface area (Å²) in [6.45, 7) is 2.96. The summed E-state index contributed by atoms with van der Waals surface area (Å²) in [5.41, 5.74) is 1.15. The van der Waals surface area contributed by atoms with Crippen LogP contribution in [0.4, 0.5) is 10.3 Å². The van der Waals surface area contributed by atoms with Gasteiger partial charge in [-0.15, -0.1) is 0 Å². The summed E-state index contributed by atoms with van der Waals surface area (Å²) >= 11 is 5.95. The standard InChI is InChI=1S/C23H21ClFN7O2/c1-12-9-31(11-19(34-12)13-7-27-32(10-13)15-3-4-15)23-28-20(16-5-2-14(24)6-18(16)25)17-8-26-30-22(33)21(17)29-23/h2,5-8,10,12,15,19H,3-4,9,11H2,1H3,(H,30,33)/t12-,19-/m0/s1. The molecule has 0 radical (unpaired) electrons. The molecule has 0 bridgehead atoms. The average Bonchev–Trinajstić information content (AvgIpc) is 3.55. The van der Waals surface area contributed by atoms with Gasteiger partial charge in [0, 0.05) is 28.9 Å². The first-order valence-electron chi connectivity index (χ1n) is 11.1. The van der Waals surface area contributed by atoms with Gasteiger partial charge in [0.05, 0.1) is 42.2 Å². The fourth-order valence-electron chi connectivity index (χ4n) is 4.35. The van der Waals surface area contributed by atoms with Crippen LogP contribution in [0.2, 0.25) is 5.02 Å². The first kappa shape index (κ1) is 21.2. The number of hydrogen-bond donors (Lipinski definition) is 1. The van der Waals surface area contributed by atoms with Crippen molar-refractivity contribution in [3.05, 3.63) is 63.5 Å². The van der Waals surface area contributed by atoms with Crippen molar-refractivity contribution in [3.63, 3.8) is 0 Å². The second-order valence-electron chi connectivity index (χ2n) is 8.78. The van der Waals surface area contributed by atoms with Crippen molar-refractivity contribution >= 4 is 28.5 Å². The molecule has 3 aromatic heterocycles. The maximum atomic E-state index is 14.9. The minimum absolute atomic E-state index is 0.117. The summed E-state index contributed by atoms with van der Waals surface area (Å²) in [5.74, 6) is -0.220. The Morgan fingerprint density at radius 1 is 1.21 bits per heavy atom. The number of fused-ring (bicyclic) bond motifs is 1. The molecule has 4 aromatic rings. The molecule has 1 aliphatic carbocycles. The summed E-state index contributed by atoms with van der Waals surface area (Å²) in [7, 11) is 0. The molecular formula is C23H21ClFN7O2. The van der Waals surface area contributed by atoms with Crippen molar-refractivity contribution < 1.29 is 9.13 Å². The van der Waals surface area contributed by atoms with Crippen molar-refractivity contribution in [2.45, 2.75) is 38.0 Å². The minimum atomic E-state index is -0.542. The first-order chi connectivity index (χ1) is 16.5. The molecule has 0 unspecified atom stereocenters. The molecule has 1 aromatic carbocycles. The number of aromatic amines is 1. The molecule has 174 valence electrons. The molecule has 34 heavy (non-hydrogen) atoms. The summed E-state index contributed by atoms with van der Waals surface area (Å²) in [6.07, 6.45) is 7.24. The maximum absolute atomic E-state index is 14.9. The second-order valence-corrected chi connectivity index (χ2v) is 9.22. The predicted molar refractivity (Wildman–Crippen MR) is 124 cm³/mol. The molecule has 0 amide bonds. The van der Waals surface area contributed by atoms with Crippen molar-refractivity contribution in [2.75, 3.05) is 18.0 Å². The lowest BCUT2D eigenvalue weighted by Gasteiger charge is -2.36. The molecule has 1 saturated carbocycles. The van der Waals surface area contributed by atoms with Crippen molar-refractivity contribution in [2.24, 2.45) is 0 Å². The molecule has 0 spiro atoms. The number of aromatic nitrogens is 6. The van der Waals surface area contributed by atoms with Crippen LogP contribution in [0.15, 0.2) is 41.6 Å². The molecule has 2 fully saturated rings. The first-order valence-corrected chi connectivity index (χ1v) is 11.5. The molecule has 6 rings (SSSR count). The van der Waals surface area contributed by atoms with E-state index in [4.69, 9.17) is 21.3 Å². The number of ether oxygens (including phenoxy) is 1. The number of anilines is 1. The highest BCUT2D eigenvalue weighted by atomic mass is 35.5. The molecule has 11 heteroatoms. The van der Waals surface area contributed by atoms with E-state index in [-0.39, 0.29) is 34.0 Å². The Morgan fingerprint density at radius 2 is 2.06 bits per heavy atom. The molecule has 1 N–H and O–H groups in total. The Morgan fingerprint density at radius 3 is 2.85 bits per heavy atom. The van der Waals surface area contributed by atoms with Crippen molar-refractivity contribution in [3.8, 4) is 11.3 Å². The third-order valence-electron chi connectivity index (χ3n) is 6.15. The predicted octanol–water partition coefficient (Wildman–Crippen LogP) is 3.67. The summed E-state index contributed by atoms with van der Waals surface area (Å²) in [4.78, 5) is 23.8. The van der Waals surface area contributed by atoms with E-state index >= 15 is 0 Å². The zero-order valence-corrected chi connectivity index (χ0v) is 19.0. The Bertz CT molecular complexity index is 1450. The van der Waals surface area contributed by atoms with Crippen LogP contribution in [0.1, 0.15) is 37.5 Å². The monoisotopic (exact) mass is 481 g/mol. The SMILES string of the molecule is C[C@H]1CN(c2nc(-c3ccc(Cl)cc3F)c3cn[nH]c(=O)c3n2)C[C@@H](c2cnn(C3CC3)c2)O1. The van der Waals surface area contributed by atoms with Gasteiger partial charge in [-0.05, 0) is 38.0 Å². The molecule has 4 heterocycles. The molecule has 1 saturated heterocycles. The number of hydrogen-bond acceptors (Lipinski definition) is 7. The molecule has 1 aliphatic heterocycles. The molecule has 2 atom stereocenters. The smallest absolute Gasteiger partial charge is 0.290 e. The van der Waals surface area contributed by atoms with Gasteiger partial charge in [-0.25, -0.2) is 19.5 Å². The van der Waals surface area contributed by atoms with Crippen LogP contribution >= 0.6 is 11.6 Å². The highest BCUT2D eigenvalue weighted by molar-refractivity contribution is 6.30. The maximum Gasteiger partial charge on any atom is 0.290 e. The highest BCUT2D eigenvalue weighted by Gasteiger charge is 2.31. The van der Waals surface area contributed by atoms with Crippen LogP contribution < -0.4 is 10.5 Å². The van der Waals surface area contributed by atoms with E-state index in [1.54, 1.807) is 12.1 Å². The largest absolute Gasteiger partial charge is 0.367 e. The van der Waals surface area contributed by atoms with Crippen LogP contribution in [-0.2, 0) is 4.74 Å². The van der Waals surface area contributed by atoms with Gasteiger partial charge in [-0.2, -0.15) is 10.2 Å². The van der Waals surface area contributed by atoms with E-state index in [2.05, 4.69) is 20.3 Å². The van der Waals surface area contributed by atoms with Gasteiger partial charge >= 0.3 is 0 Å². The van der Waals surface area contributed by atoms with Gasteiger partial charge in [0.25, 0.3) is 5.56 Å². The summed E-state index contributed by atoms with van der Waals surface area (Å²) in [6, 6.07) is 4.82. The van der Waals surface area contributed by atoms with Gasteiger partial charge in [0.2, 0.25) is 5.95 Å². The summed E-state index contributed by atoms with van der Waals surface area (Å²) in [5, 5.41) is 11.4. The van der Waals surface area contributed by atoms with E-state index in [0.717, 1.165) is 18.4 Å².